The van der Waals surface area contributed by atoms with Gasteiger partial charge in [0.1, 0.15) is 16.8 Å². The van der Waals surface area contributed by atoms with E-state index >= 15 is 0 Å². The van der Waals surface area contributed by atoms with E-state index in [0.717, 1.165) is 33.4 Å². The molecule has 0 saturated heterocycles. The quantitative estimate of drug-likeness (QED) is 0.442. The van der Waals surface area contributed by atoms with Gasteiger partial charge in [0.15, 0.2) is 17.2 Å². The molecule has 0 radical (unpaired) electrons. The average molecular weight is 420 g/mol. The largest absolute Gasteiger partial charge is 0.495 e. The van der Waals surface area contributed by atoms with Crippen LogP contribution in [-0.4, -0.2) is 47.2 Å². The van der Waals surface area contributed by atoms with Gasteiger partial charge in [-0.3, -0.25) is 15.1 Å². The van der Waals surface area contributed by atoms with Crippen molar-refractivity contribution in [3.8, 4) is 39.7 Å². The molecule has 6 heterocycles. The number of fused-ring (bicyclic) bond motifs is 2. The molecule has 0 unspecified atom stereocenters. The van der Waals surface area contributed by atoms with Gasteiger partial charge in [0.05, 0.1) is 24.5 Å². The maximum absolute atomic E-state index is 5.29. The van der Waals surface area contributed by atoms with Crippen molar-refractivity contribution in [1.29, 1.82) is 0 Å². The average Bonchev–Trinajstić information content (AvgIpc) is 3.48. The molecule has 0 amide bonds. The first-order chi connectivity index (χ1) is 15.8. The molecule has 0 fully saturated rings. The van der Waals surface area contributed by atoms with Gasteiger partial charge in [-0.1, -0.05) is 0 Å². The van der Waals surface area contributed by atoms with Crippen LogP contribution in [0.25, 0.3) is 56.1 Å². The summed E-state index contributed by atoms with van der Waals surface area (Å²) in [5.74, 6) is 1.26. The molecule has 6 rings (SSSR count). The van der Waals surface area contributed by atoms with Crippen LogP contribution in [0.15, 0.2) is 67.4 Å². The Kier molecular flexibility index (Phi) is 4.10. The van der Waals surface area contributed by atoms with Crippen molar-refractivity contribution >= 4 is 22.2 Å². The van der Waals surface area contributed by atoms with Crippen molar-refractivity contribution in [2.24, 2.45) is 0 Å². The third-order valence-corrected chi connectivity index (χ3v) is 5.25. The summed E-state index contributed by atoms with van der Waals surface area (Å²) in [6.07, 6.45) is 8.69. The predicted octanol–water partition coefficient (Wildman–Crippen LogP) is 4.03. The molecule has 2 N–H and O–H groups in total. The Morgan fingerprint density at radius 3 is 2.62 bits per heavy atom. The van der Waals surface area contributed by atoms with Crippen molar-refractivity contribution in [2.75, 3.05) is 7.11 Å². The minimum atomic E-state index is 0.591. The smallest absolute Gasteiger partial charge is 0.162 e. The number of aromatic amines is 2. The van der Waals surface area contributed by atoms with E-state index in [1.165, 1.54) is 0 Å². The zero-order chi connectivity index (χ0) is 21.5. The number of ether oxygens (including phenoxy) is 1. The Morgan fingerprint density at radius 2 is 1.75 bits per heavy atom. The van der Waals surface area contributed by atoms with E-state index in [1.807, 2.05) is 36.4 Å². The summed E-state index contributed by atoms with van der Waals surface area (Å²) in [5, 5.41) is 7.51. The lowest BCUT2D eigenvalue weighted by Gasteiger charge is -2.03. The maximum Gasteiger partial charge on any atom is 0.162 e. The number of rotatable bonds is 4. The van der Waals surface area contributed by atoms with E-state index in [2.05, 4.69) is 30.1 Å². The monoisotopic (exact) mass is 420 g/mol. The number of nitrogens with one attached hydrogen (secondary N) is 2. The minimum Gasteiger partial charge on any atom is -0.495 e. The van der Waals surface area contributed by atoms with Crippen molar-refractivity contribution in [3.05, 3.63) is 67.4 Å². The topological polar surface area (TPSA) is 118 Å². The van der Waals surface area contributed by atoms with Crippen LogP contribution in [0, 0.1) is 0 Å². The normalized spacial score (nSPS) is 11.3. The number of imidazole rings is 1. The van der Waals surface area contributed by atoms with E-state index in [4.69, 9.17) is 14.7 Å². The summed E-state index contributed by atoms with van der Waals surface area (Å²) in [4.78, 5) is 25.7. The van der Waals surface area contributed by atoms with Gasteiger partial charge in [0.25, 0.3) is 0 Å². The lowest BCUT2D eigenvalue weighted by Crippen LogP contribution is -1.89. The van der Waals surface area contributed by atoms with Crippen LogP contribution in [0.2, 0.25) is 0 Å². The van der Waals surface area contributed by atoms with Gasteiger partial charge in [0.2, 0.25) is 0 Å². The molecule has 9 nitrogen and oxygen atoms in total. The Hall–Kier alpha value is -4.66. The first kappa shape index (κ1) is 18.1. The predicted molar refractivity (Wildman–Crippen MR) is 120 cm³/mol. The molecule has 0 bridgehead atoms. The van der Waals surface area contributed by atoms with Gasteiger partial charge < -0.3 is 9.72 Å². The van der Waals surface area contributed by atoms with E-state index < -0.39 is 0 Å². The molecule has 0 aliphatic carbocycles. The summed E-state index contributed by atoms with van der Waals surface area (Å²) in [6.45, 7) is 0. The molecule has 6 aromatic heterocycles. The zero-order valence-corrected chi connectivity index (χ0v) is 16.9. The number of nitrogens with zero attached hydrogens (tertiary/aromatic N) is 6. The fourth-order valence-corrected chi connectivity index (χ4v) is 3.68. The lowest BCUT2D eigenvalue weighted by molar-refractivity contribution is 0.413. The second kappa shape index (κ2) is 7.24. The SMILES string of the molecule is COc1cncc(-c2ccc3[nH]nc(-c4nc5c(-c6ccncc6)ccnc5[nH]4)c3n2)c1. The number of hydrogen-bond donors (Lipinski definition) is 2. The second-order valence-corrected chi connectivity index (χ2v) is 7.16. The van der Waals surface area contributed by atoms with E-state index in [9.17, 15) is 0 Å². The molecule has 0 aromatic carbocycles. The molecule has 0 saturated carbocycles. The summed E-state index contributed by atoms with van der Waals surface area (Å²) >= 11 is 0. The molecule has 0 atom stereocenters. The standard InChI is InChI=1S/C23H16N8O/c1-32-15-10-14(11-25-12-15)17-2-3-18-20(27-17)21(31-30-18)23-28-19-16(6-9-26-22(19)29-23)13-4-7-24-8-5-13/h2-12H,1H3,(H,30,31)(H,26,28,29). The highest BCUT2D eigenvalue weighted by molar-refractivity contribution is 5.94. The van der Waals surface area contributed by atoms with Crippen LogP contribution in [0.5, 0.6) is 5.75 Å². The van der Waals surface area contributed by atoms with E-state index in [0.29, 0.717) is 28.4 Å². The molecule has 0 aliphatic rings. The first-order valence-electron chi connectivity index (χ1n) is 9.90. The van der Waals surface area contributed by atoms with Gasteiger partial charge >= 0.3 is 0 Å². The highest BCUT2D eigenvalue weighted by atomic mass is 16.5. The highest BCUT2D eigenvalue weighted by Crippen LogP contribution is 2.31. The van der Waals surface area contributed by atoms with Gasteiger partial charge in [-0.05, 0) is 42.0 Å². The Labute approximate surface area is 181 Å². The molecule has 32 heavy (non-hydrogen) atoms. The summed E-state index contributed by atoms with van der Waals surface area (Å²) in [7, 11) is 1.61. The number of hydrogen-bond acceptors (Lipinski definition) is 7. The molecular weight excluding hydrogens is 404 g/mol. The second-order valence-electron chi connectivity index (χ2n) is 7.16. The summed E-state index contributed by atoms with van der Waals surface area (Å²) in [5.41, 5.74) is 7.17. The zero-order valence-electron chi connectivity index (χ0n) is 16.9. The highest BCUT2D eigenvalue weighted by Gasteiger charge is 2.17. The van der Waals surface area contributed by atoms with E-state index in [-0.39, 0.29) is 0 Å². The minimum absolute atomic E-state index is 0.591. The maximum atomic E-state index is 5.29. The van der Waals surface area contributed by atoms with Gasteiger partial charge in [0, 0.05) is 35.9 Å². The fourth-order valence-electron chi connectivity index (χ4n) is 3.68. The Bertz CT molecular complexity index is 1570. The third kappa shape index (κ3) is 2.95. The van der Waals surface area contributed by atoms with Crippen LogP contribution in [0.4, 0.5) is 0 Å². The van der Waals surface area contributed by atoms with Crippen molar-refractivity contribution in [3.63, 3.8) is 0 Å². The number of methoxy groups -OCH3 is 1. The number of pyridine rings is 4. The van der Waals surface area contributed by atoms with Crippen molar-refractivity contribution < 1.29 is 4.74 Å². The molecule has 9 heteroatoms. The van der Waals surface area contributed by atoms with E-state index in [1.54, 1.807) is 38.1 Å². The third-order valence-electron chi connectivity index (χ3n) is 5.25. The summed E-state index contributed by atoms with van der Waals surface area (Å²) < 4.78 is 5.29. The van der Waals surface area contributed by atoms with Gasteiger partial charge in [-0.2, -0.15) is 5.10 Å². The molecular formula is C23H16N8O. The van der Waals surface area contributed by atoms with Crippen molar-refractivity contribution in [2.45, 2.75) is 0 Å². The Morgan fingerprint density at radius 1 is 0.844 bits per heavy atom. The van der Waals surface area contributed by atoms with Crippen LogP contribution in [-0.2, 0) is 0 Å². The first-order valence-corrected chi connectivity index (χ1v) is 9.90. The van der Waals surface area contributed by atoms with Crippen LogP contribution in [0.1, 0.15) is 0 Å². The van der Waals surface area contributed by atoms with Crippen molar-refractivity contribution in [1.82, 2.24) is 40.1 Å². The number of H-pyrrole nitrogens is 2. The molecule has 6 aromatic rings. The molecule has 0 spiro atoms. The summed E-state index contributed by atoms with van der Waals surface area (Å²) in [6, 6.07) is 11.6. The molecule has 154 valence electrons. The number of aromatic nitrogens is 8. The van der Waals surface area contributed by atoms with Crippen LogP contribution < -0.4 is 4.74 Å². The molecule has 0 aliphatic heterocycles. The fraction of sp³-hybridized carbons (Fsp3) is 0.0435. The van der Waals surface area contributed by atoms with Gasteiger partial charge in [-0.25, -0.2) is 15.0 Å². The van der Waals surface area contributed by atoms with Crippen LogP contribution >= 0.6 is 0 Å². The van der Waals surface area contributed by atoms with Crippen LogP contribution in [0.3, 0.4) is 0 Å². The lowest BCUT2D eigenvalue weighted by atomic mass is 10.1. The van der Waals surface area contributed by atoms with Gasteiger partial charge in [-0.15, -0.1) is 0 Å². The Balaban J connectivity index is 1.50.